The Morgan fingerprint density at radius 3 is 2.83 bits per heavy atom. The number of benzene rings is 2. The van der Waals surface area contributed by atoms with Crippen molar-refractivity contribution in [1.29, 1.82) is 0 Å². The van der Waals surface area contributed by atoms with Crippen molar-refractivity contribution in [3.8, 4) is 5.75 Å². The summed E-state index contributed by atoms with van der Waals surface area (Å²) in [5, 5.41) is 18.7. The quantitative estimate of drug-likeness (QED) is 0.608. The number of carbonyl (C=O) groups excluding carboxylic acids is 1. The number of nitrogens with zero attached hydrogens (tertiary/aromatic N) is 4. The number of fused-ring (bicyclic) bond motifs is 1. The van der Waals surface area contributed by atoms with Gasteiger partial charge < -0.3 is 15.4 Å². The molecule has 1 aliphatic heterocycles. The lowest BCUT2D eigenvalue weighted by Crippen LogP contribution is -2.31. The number of allylic oxidation sites excluding steroid dienone is 1. The molecule has 1 aliphatic rings. The van der Waals surface area contributed by atoms with Gasteiger partial charge in [0.25, 0.3) is 5.91 Å². The molecule has 1 unspecified atom stereocenters. The van der Waals surface area contributed by atoms with E-state index < -0.39 is 6.04 Å². The number of amides is 1. The van der Waals surface area contributed by atoms with Crippen LogP contribution in [-0.2, 0) is 4.79 Å². The first-order valence-electron chi connectivity index (χ1n) is 9.23. The maximum absolute atomic E-state index is 13.4. The van der Waals surface area contributed by atoms with Crippen molar-refractivity contribution >= 4 is 40.7 Å². The number of carbonyl (C=O) groups is 1. The Kier molecular flexibility index (Phi) is 5.61. The van der Waals surface area contributed by atoms with Crippen molar-refractivity contribution in [1.82, 2.24) is 20.2 Å². The Bertz CT molecular complexity index is 1140. The maximum atomic E-state index is 13.4. The van der Waals surface area contributed by atoms with Crippen LogP contribution in [0.2, 0.25) is 10.0 Å². The Balaban J connectivity index is 1.77. The summed E-state index contributed by atoms with van der Waals surface area (Å²) in [4.78, 5) is 13.4. The molecule has 10 heteroatoms. The van der Waals surface area contributed by atoms with Gasteiger partial charge in [0.15, 0.2) is 0 Å². The predicted octanol–water partition coefficient (Wildman–Crippen LogP) is 4.31. The molecule has 1 atom stereocenters. The molecule has 0 fully saturated rings. The van der Waals surface area contributed by atoms with Crippen molar-refractivity contribution in [3.63, 3.8) is 0 Å². The highest BCUT2D eigenvalue weighted by Gasteiger charge is 2.35. The number of nitrogens with one attached hydrogen (secondary N) is 2. The molecule has 0 radical (unpaired) electrons. The number of aromatic nitrogens is 4. The van der Waals surface area contributed by atoms with E-state index in [1.165, 1.54) is 4.68 Å². The minimum absolute atomic E-state index is 0.329. The van der Waals surface area contributed by atoms with E-state index in [1.807, 2.05) is 19.1 Å². The van der Waals surface area contributed by atoms with E-state index in [2.05, 4.69) is 26.2 Å². The Labute approximate surface area is 182 Å². The fourth-order valence-electron chi connectivity index (χ4n) is 3.36. The number of halogens is 2. The Morgan fingerprint density at radius 1 is 1.27 bits per heavy atom. The second-order valence-corrected chi connectivity index (χ2v) is 7.41. The van der Waals surface area contributed by atoms with Crippen molar-refractivity contribution in [2.75, 3.05) is 17.2 Å². The van der Waals surface area contributed by atoms with Crippen molar-refractivity contribution < 1.29 is 9.53 Å². The zero-order valence-corrected chi connectivity index (χ0v) is 17.7. The first-order valence-corrected chi connectivity index (χ1v) is 9.99. The van der Waals surface area contributed by atoms with Gasteiger partial charge in [-0.25, -0.2) is 0 Å². The van der Waals surface area contributed by atoms with Crippen LogP contribution < -0.4 is 15.4 Å². The normalized spacial score (nSPS) is 15.4. The fraction of sp³-hybridized carbons (Fsp3) is 0.200. The number of hydrogen-bond acceptors (Lipinski definition) is 6. The average Bonchev–Trinajstić information content (AvgIpc) is 3.17. The second kappa shape index (κ2) is 8.33. The van der Waals surface area contributed by atoms with Gasteiger partial charge >= 0.3 is 0 Å². The zero-order chi connectivity index (χ0) is 21.3. The summed E-state index contributed by atoms with van der Waals surface area (Å²) in [6.07, 6.45) is 0. The molecule has 0 aliphatic carbocycles. The molecule has 0 bridgehead atoms. The molecule has 1 aromatic heterocycles. The fourth-order valence-corrected chi connectivity index (χ4v) is 3.87. The number of anilines is 2. The number of tetrazole rings is 1. The summed E-state index contributed by atoms with van der Waals surface area (Å²) < 4.78 is 7.14. The van der Waals surface area contributed by atoms with E-state index in [9.17, 15) is 4.79 Å². The topological polar surface area (TPSA) is 94.0 Å². The Morgan fingerprint density at radius 2 is 2.07 bits per heavy atom. The third kappa shape index (κ3) is 3.71. The predicted molar refractivity (Wildman–Crippen MR) is 115 cm³/mol. The lowest BCUT2D eigenvalue weighted by Gasteiger charge is -2.28. The molecular weight excluding hydrogens is 427 g/mol. The molecule has 3 aromatic rings. The largest absolute Gasteiger partial charge is 0.492 e. The van der Waals surface area contributed by atoms with Gasteiger partial charge in [0.1, 0.15) is 11.8 Å². The minimum Gasteiger partial charge on any atom is -0.492 e. The van der Waals surface area contributed by atoms with Crippen LogP contribution in [0.4, 0.5) is 11.6 Å². The number of rotatable bonds is 5. The SMILES string of the molecule is CCOc1ccccc1NC(=O)C1=C(C)Nc2nnnn2C1c1ccc(Cl)cc1Cl. The first kappa shape index (κ1) is 20.2. The van der Waals surface area contributed by atoms with E-state index in [4.69, 9.17) is 27.9 Å². The summed E-state index contributed by atoms with van der Waals surface area (Å²) in [7, 11) is 0. The molecule has 30 heavy (non-hydrogen) atoms. The molecule has 0 spiro atoms. The first-order chi connectivity index (χ1) is 14.5. The third-order valence-corrected chi connectivity index (χ3v) is 5.21. The number of para-hydroxylation sites is 2. The van der Waals surface area contributed by atoms with Gasteiger partial charge in [0.05, 0.1) is 17.9 Å². The molecule has 2 aromatic carbocycles. The summed E-state index contributed by atoms with van der Waals surface area (Å²) in [6.45, 7) is 4.15. The van der Waals surface area contributed by atoms with E-state index in [0.29, 0.717) is 50.9 Å². The van der Waals surface area contributed by atoms with Crippen LogP contribution >= 0.6 is 23.2 Å². The molecular formula is C20H18Cl2N6O2. The number of hydrogen-bond donors (Lipinski definition) is 2. The van der Waals surface area contributed by atoms with E-state index in [0.717, 1.165) is 0 Å². The summed E-state index contributed by atoms with van der Waals surface area (Å²) in [5.41, 5.74) is 2.25. The van der Waals surface area contributed by atoms with Crippen LogP contribution in [-0.4, -0.2) is 32.7 Å². The lowest BCUT2D eigenvalue weighted by atomic mass is 9.95. The van der Waals surface area contributed by atoms with Crippen molar-refractivity contribution in [3.05, 3.63) is 69.3 Å². The second-order valence-electron chi connectivity index (χ2n) is 6.56. The molecule has 154 valence electrons. The van der Waals surface area contributed by atoms with Crippen LogP contribution in [0.5, 0.6) is 5.75 Å². The van der Waals surface area contributed by atoms with Crippen LogP contribution in [0.1, 0.15) is 25.5 Å². The molecule has 1 amide bonds. The van der Waals surface area contributed by atoms with Gasteiger partial charge in [-0.15, -0.1) is 0 Å². The highest BCUT2D eigenvalue weighted by atomic mass is 35.5. The van der Waals surface area contributed by atoms with Gasteiger partial charge in [-0.05, 0) is 48.5 Å². The summed E-state index contributed by atoms with van der Waals surface area (Å²) in [5.74, 6) is 0.665. The minimum atomic E-state index is -0.639. The van der Waals surface area contributed by atoms with E-state index in [1.54, 1.807) is 37.3 Å². The van der Waals surface area contributed by atoms with Crippen molar-refractivity contribution in [2.45, 2.75) is 19.9 Å². The molecule has 2 heterocycles. The smallest absolute Gasteiger partial charge is 0.255 e. The summed E-state index contributed by atoms with van der Waals surface area (Å²) in [6, 6.07) is 11.7. The average molecular weight is 445 g/mol. The zero-order valence-electron chi connectivity index (χ0n) is 16.2. The monoisotopic (exact) mass is 444 g/mol. The highest BCUT2D eigenvalue weighted by Crippen LogP contribution is 2.39. The summed E-state index contributed by atoms with van der Waals surface area (Å²) >= 11 is 12.5. The lowest BCUT2D eigenvalue weighted by molar-refractivity contribution is -0.113. The van der Waals surface area contributed by atoms with Gasteiger partial charge in [-0.2, -0.15) is 4.68 Å². The van der Waals surface area contributed by atoms with Gasteiger partial charge in [-0.3, -0.25) is 4.79 Å². The molecule has 2 N–H and O–H groups in total. The maximum Gasteiger partial charge on any atom is 0.255 e. The van der Waals surface area contributed by atoms with Crippen LogP contribution in [0.3, 0.4) is 0 Å². The third-order valence-electron chi connectivity index (χ3n) is 4.65. The standard InChI is InChI=1S/C20H18Cl2N6O2/c1-3-30-16-7-5-4-6-15(16)24-19(29)17-11(2)23-20-25-26-27-28(20)18(17)13-9-8-12(21)10-14(13)22/h4-10,18H,3H2,1-2H3,(H,24,29)(H,23,25,27). The molecule has 4 rings (SSSR count). The van der Waals surface area contributed by atoms with Crippen molar-refractivity contribution in [2.24, 2.45) is 0 Å². The van der Waals surface area contributed by atoms with Gasteiger partial charge in [0.2, 0.25) is 5.95 Å². The van der Waals surface area contributed by atoms with Gasteiger partial charge in [0, 0.05) is 21.3 Å². The van der Waals surface area contributed by atoms with Crippen LogP contribution in [0.15, 0.2) is 53.7 Å². The van der Waals surface area contributed by atoms with E-state index >= 15 is 0 Å². The number of ether oxygens (including phenoxy) is 1. The van der Waals surface area contributed by atoms with E-state index in [-0.39, 0.29) is 5.91 Å². The molecule has 8 nitrogen and oxygen atoms in total. The van der Waals surface area contributed by atoms with Crippen LogP contribution in [0.25, 0.3) is 0 Å². The molecule has 0 saturated carbocycles. The Hall–Kier alpha value is -3.10. The molecule has 0 saturated heterocycles. The van der Waals surface area contributed by atoms with Crippen LogP contribution in [0, 0.1) is 0 Å². The highest BCUT2D eigenvalue weighted by molar-refractivity contribution is 6.35. The van der Waals surface area contributed by atoms with Gasteiger partial charge in [-0.1, -0.05) is 46.5 Å².